The van der Waals surface area contributed by atoms with E-state index in [0.717, 1.165) is 23.5 Å². The van der Waals surface area contributed by atoms with Gasteiger partial charge in [0.1, 0.15) is 0 Å². The summed E-state index contributed by atoms with van der Waals surface area (Å²) in [6.45, 7) is 2.68. The molecular weight excluding hydrogens is 259 g/mol. The normalized spacial score (nSPS) is 11.6. The van der Waals surface area contributed by atoms with Crippen LogP contribution < -0.4 is 5.32 Å². The van der Waals surface area contributed by atoms with E-state index >= 15 is 0 Å². The number of hydrogen-bond donors (Lipinski definition) is 1. The Labute approximate surface area is 107 Å². The van der Waals surface area contributed by atoms with Gasteiger partial charge in [-0.25, -0.2) is 9.67 Å². The van der Waals surface area contributed by atoms with Crippen molar-refractivity contribution in [1.82, 2.24) is 19.7 Å². The van der Waals surface area contributed by atoms with Crippen molar-refractivity contribution >= 4 is 5.95 Å². The van der Waals surface area contributed by atoms with Gasteiger partial charge in [0.05, 0.1) is 11.8 Å². The molecular formula is C11H12F3N5. The van der Waals surface area contributed by atoms with E-state index in [2.05, 4.69) is 20.4 Å². The molecule has 0 aliphatic heterocycles. The third-order valence-electron chi connectivity index (χ3n) is 2.32. The van der Waals surface area contributed by atoms with Gasteiger partial charge in [-0.1, -0.05) is 6.92 Å². The summed E-state index contributed by atoms with van der Waals surface area (Å²) in [5.41, 5.74) is -0.811. The van der Waals surface area contributed by atoms with Gasteiger partial charge >= 0.3 is 6.18 Å². The fraction of sp³-hybridized carbons (Fsp3) is 0.364. The number of anilines is 1. The van der Waals surface area contributed by atoms with Crippen molar-refractivity contribution in [3.63, 3.8) is 0 Å². The molecule has 8 heteroatoms. The number of halogens is 3. The minimum atomic E-state index is -4.41. The maximum Gasteiger partial charge on any atom is 0.419 e. The Morgan fingerprint density at radius 1 is 1.37 bits per heavy atom. The first-order chi connectivity index (χ1) is 9.00. The average molecular weight is 271 g/mol. The van der Waals surface area contributed by atoms with Gasteiger partial charge in [-0.05, 0) is 6.42 Å². The van der Waals surface area contributed by atoms with Crippen LogP contribution in [-0.2, 0) is 6.18 Å². The molecule has 0 saturated carbocycles. The largest absolute Gasteiger partial charge is 0.419 e. The lowest BCUT2D eigenvalue weighted by Gasteiger charge is -2.05. The summed E-state index contributed by atoms with van der Waals surface area (Å²) in [7, 11) is 0. The van der Waals surface area contributed by atoms with E-state index in [-0.39, 0.29) is 5.82 Å². The summed E-state index contributed by atoms with van der Waals surface area (Å²) in [4.78, 5) is 8.06. The first-order valence-electron chi connectivity index (χ1n) is 5.70. The molecule has 0 bridgehead atoms. The predicted octanol–water partition coefficient (Wildman–Crippen LogP) is 2.50. The molecule has 2 heterocycles. The van der Waals surface area contributed by atoms with Crippen LogP contribution in [0.15, 0.2) is 24.7 Å². The molecule has 0 amide bonds. The third-order valence-corrected chi connectivity index (χ3v) is 2.32. The third kappa shape index (κ3) is 3.21. The lowest BCUT2D eigenvalue weighted by molar-refractivity contribution is -0.137. The van der Waals surface area contributed by atoms with Crippen LogP contribution in [0.1, 0.15) is 18.9 Å². The molecule has 0 fully saturated rings. The molecule has 0 aliphatic rings. The van der Waals surface area contributed by atoms with Crippen molar-refractivity contribution in [3.05, 3.63) is 30.2 Å². The van der Waals surface area contributed by atoms with Gasteiger partial charge in [-0.3, -0.25) is 0 Å². The SMILES string of the molecule is CCCNc1nccc(-n2cc(C(F)(F)F)cn2)n1. The summed E-state index contributed by atoms with van der Waals surface area (Å²) in [5.74, 6) is 0.646. The zero-order chi connectivity index (χ0) is 13.9. The molecule has 0 atom stereocenters. The smallest absolute Gasteiger partial charge is 0.354 e. The van der Waals surface area contributed by atoms with Crippen molar-refractivity contribution in [2.75, 3.05) is 11.9 Å². The van der Waals surface area contributed by atoms with Crippen LogP contribution in [0.4, 0.5) is 19.1 Å². The molecule has 19 heavy (non-hydrogen) atoms. The van der Waals surface area contributed by atoms with Crippen LogP contribution in [0.3, 0.4) is 0 Å². The molecule has 1 N–H and O–H groups in total. The minimum absolute atomic E-state index is 0.282. The van der Waals surface area contributed by atoms with Crippen molar-refractivity contribution in [2.24, 2.45) is 0 Å². The zero-order valence-corrected chi connectivity index (χ0v) is 10.1. The average Bonchev–Trinajstić information content (AvgIpc) is 2.86. The summed E-state index contributed by atoms with van der Waals surface area (Å²) in [6.07, 6.45) is -0.384. The summed E-state index contributed by atoms with van der Waals surface area (Å²) in [5, 5.41) is 6.61. The van der Waals surface area contributed by atoms with Gasteiger partial charge in [0.2, 0.25) is 5.95 Å². The van der Waals surface area contributed by atoms with Crippen molar-refractivity contribution in [1.29, 1.82) is 0 Å². The minimum Gasteiger partial charge on any atom is -0.354 e. The molecule has 2 aromatic heterocycles. The summed E-state index contributed by atoms with van der Waals surface area (Å²) < 4.78 is 38.5. The number of aromatic nitrogens is 4. The number of rotatable bonds is 4. The second-order valence-electron chi connectivity index (χ2n) is 3.84. The number of nitrogens with zero attached hydrogens (tertiary/aromatic N) is 4. The van der Waals surface area contributed by atoms with Crippen molar-refractivity contribution in [3.8, 4) is 5.82 Å². The first-order valence-corrected chi connectivity index (χ1v) is 5.70. The molecule has 102 valence electrons. The summed E-state index contributed by atoms with van der Waals surface area (Å²) >= 11 is 0. The van der Waals surface area contributed by atoms with E-state index in [9.17, 15) is 13.2 Å². The Balaban J connectivity index is 2.24. The van der Waals surface area contributed by atoms with Gasteiger partial charge in [-0.2, -0.15) is 23.3 Å². The first kappa shape index (κ1) is 13.3. The van der Waals surface area contributed by atoms with Gasteiger partial charge < -0.3 is 5.32 Å². The van der Waals surface area contributed by atoms with E-state index in [1.165, 1.54) is 12.3 Å². The lowest BCUT2D eigenvalue weighted by Crippen LogP contribution is -2.07. The Bertz CT molecular complexity index is 549. The van der Waals surface area contributed by atoms with E-state index in [1.807, 2.05) is 6.92 Å². The van der Waals surface area contributed by atoms with Crippen LogP contribution in [-0.4, -0.2) is 26.3 Å². The maximum absolute atomic E-state index is 12.5. The van der Waals surface area contributed by atoms with Crippen LogP contribution in [0, 0.1) is 0 Å². The van der Waals surface area contributed by atoms with Crippen molar-refractivity contribution in [2.45, 2.75) is 19.5 Å². The Morgan fingerprint density at radius 2 is 2.16 bits per heavy atom. The molecule has 0 unspecified atom stereocenters. The second-order valence-corrected chi connectivity index (χ2v) is 3.84. The Morgan fingerprint density at radius 3 is 2.79 bits per heavy atom. The van der Waals surface area contributed by atoms with Gasteiger partial charge in [0.25, 0.3) is 0 Å². The standard InChI is InChI=1S/C11H12F3N5/c1-2-4-15-10-16-5-3-9(18-10)19-7-8(6-17-19)11(12,13)14/h3,5-7H,2,4H2,1H3,(H,15,16,18). The van der Waals surface area contributed by atoms with Crippen LogP contribution in [0.2, 0.25) is 0 Å². The Kier molecular flexibility index (Phi) is 3.68. The highest BCUT2D eigenvalue weighted by Crippen LogP contribution is 2.28. The highest BCUT2D eigenvalue weighted by molar-refractivity contribution is 5.31. The quantitative estimate of drug-likeness (QED) is 0.928. The molecule has 2 aromatic rings. The van der Waals surface area contributed by atoms with E-state index in [0.29, 0.717) is 12.5 Å². The van der Waals surface area contributed by atoms with E-state index < -0.39 is 11.7 Å². The monoisotopic (exact) mass is 271 g/mol. The van der Waals surface area contributed by atoms with Crippen LogP contribution in [0.5, 0.6) is 0 Å². The van der Waals surface area contributed by atoms with Crippen LogP contribution in [0.25, 0.3) is 5.82 Å². The topological polar surface area (TPSA) is 55.6 Å². The number of hydrogen-bond acceptors (Lipinski definition) is 4. The fourth-order valence-corrected chi connectivity index (χ4v) is 1.39. The fourth-order valence-electron chi connectivity index (χ4n) is 1.39. The molecule has 5 nitrogen and oxygen atoms in total. The zero-order valence-electron chi connectivity index (χ0n) is 10.1. The highest BCUT2D eigenvalue weighted by Gasteiger charge is 2.32. The van der Waals surface area contributed by atoms with E-state index in [4.69, 9.17) is 0 Å². The molecule has 2 rings (SSSR count). The van der Waals surface area contributed by atoms with Crippen LogP contribution >= 0.6 is 0 Å². The molecule has 0 saturated heterocycles. The van der Waals surface area contributed by atoms with Gasteiger partial charge in [0.15, 0.2) is 5.82 Å². The van der Waals surface area contributed by atoms with Gasteiger partial charge in [0, 0.05) is 25.0 Å². The van der Waals surface area contributed by atoms with E-state index in [1.54, 1.807) is 0 Å². The maximum atomic E-state index is 12.5. The second kappa shape index (κ2) is 5.25. The molecule has 0 aromatic carbocycles. The number of nitrogens with one attached hydrogen (secondary N) is 1. The number of alkyl halides is 3. The highest BCUT2D eigenvalue weighted by atomic mass is 19.4. The molecule has 0 radical (unpaired) electrons. The Hall–Kier alpha value is -2.12. The lowest BCUT2D eigenvalue weighted by atomic mass is 10.4. The molecule has 0 spiro atoms. The predicted molar refractivity (Wildman–Crippen MR) is 62.9 cm³/mol. The molecule has 0 aliphatic carbocycles. The van der Waals surface area contributed by atoms with Gasteiger partial charge in [-0.15, -0.1) is 0 Å². The van der Waals surface area contributed by atoms with Crippen molar-refractivity contribution < 1.29 is 13.2 Å². The summed E-state index contributed by atoms with van der Waals surface area (Å²) in [6, 6.07) is 1.49.